The number of nitrogens with one attached hydrogen (secondary N) is 1. The van der Waals surface area contributed by atoms with Crippen molar-refractivity contribution in [3.05, 3.63) is 35.9 Å². The SMILES string of the molecule is CN(CCO)C(=O)N[C@@H]1CC[C@H](Cc2ccccc2)C1. The van der Waals surface area contributed by atoms with E-state index in [4.69, 9.17) is 5.11 Å². The van der Waals surface area contributed by atoms with E-state index >= 15 is 0 Å². The molecule has 2 amide bonds. The maximum Gasteiger partial charge on any atom is 0.317 e. The van der Waals surface area contributed by atoms with E-state index in [0.29, 0.717) is 12.5 Å². The summed E-state index contributed by atoms with van der Waals surface area (Å²) in [5, 5.41) is 11.9. The van der Waals surface area contributed by atoms with Crippen molar-refractivity contribution in [2.24, 2.45) is 5.92 Å². The Morgan fingerprint density at radius 2 is 2.10 bits per heavy atom. The molecule has 20 heavy (non-hydrogen) atoms. The second kappa shape index (κ2) is 7.29. The van der Waals surface area contributed by atoms with Crippen LogP contribution in [0.1, 0.15) is 24.8 Å². The van der Waals surface area contributed by atoms with Crippen LogP contribution in [-0.2, 0) is 6.42 Å². The van der Waals surface area contributed by atoms with Gasteiger partial charge in [-0.1, -0.05) is 30.3 Å². The van der Waals surface area contributed by atoms with E-state index in [1.807, 2.05) is 6.07 Å². The Bertz CT molecular complexity index is 422. The topological polar surface area (TPSA) is 52.6 Å². The number of carbonyl (C=O) groups is 1. The predicted molar refractivity (Wildman–Crippen MR) is 79.5 cm³/mol. The van der Waals surface area contributed by atoms with Crippen LogP contribution >= 0.6 is 0 Å². The van der Waals surface area contributed by atoms with Crippen LogP contribution in [0.4, 0.5) is 4.79 Å². The second-order valence-corrected chi connectivity index (χ2v) is 5.66. The highest BCUT2D eigenvalue weighted by molar-refractivity contribution is 5.74. The molecule has 0 bridgehead atoms. The van der Waals surface area contributed by atoms with Gasteiger partial charge < -0.3 is 15.3 Å². The van der Waals surface area contributed by atoms with Crippen LogP contribution in [0.5, 0.6) is 0 Å². The van der Waals surface area contributed by atoms with Gasteiger partial charge in [-0.2, -0.15) is 0 Å². The number of urea groups is 1. The number of aliphatic hydroxyl groups excluding tert-OH is 1. The minimum Gasteiger partial charge on any atom is -0.395 e. The molecule has 0 aromatic heterocycles. The summed E-state index contributed by atoms with van der Waals surface area (Å²) >= 11 is 0. The Labute approximate surface area is 120 Å². The van der Waals surface area contributed by atoms with Crippen molar-refractivity contribution in [1.29, 1.82) is 0 Å². The van der Waals surface area contributed by atoms with E-state index < -0.39 is 0 Å². The molecule has 2 rings (SSSR count). The maximum absolute atomic E-state index is 11.9. The van der Waals surface area contributed by atoms with Gasteiger partial charge in [0.25, 0.3) is 0 Å². The van der Waals surface area contributed by atoms with E-state index in [9.17, 15) is 4.79 Å². The second-order valence-electron chi connectivity index (χ2n) is 5.66. The molecule has 0 saturated heterocycles. The molecule has 1 aromatic carbocycles. The summed E-state index contributed by atoms with van der Waals surface area (Å²) in [6.07, 6.45) is 4.37. The third-order valence-electron chi connectivity index (χ3n) is 4.02. The fraction of sp³-hybridized carbons (Fsp3) is 0.562. The number of rotatable bonds is 5. The van der Waals surface area contributed by atoms with Crippen molar-refractivity contribution in [1.82, 2.24) is 10.2 Å². The smallest absolute Gasteiger partial charge is 0.317 e. The molecule has 1 saturated carbocycles. The van der Waals surface area contributed by atoms with Crippen LogP contribution in [0.3, 0.4) is 0 Å². The average molecular weight is 276 g/mol. The summed E-state index contributed by atoms with van der Waals surface area (Å²) in [5.74, 6) is 0.658. The summed E-state index contributed by atoms with van der Waals surface area (Å²) in [6, 6.07) is 10.7. The number of amides is 2. The van der Waals surface area contributed by atoms with Gasteiger partial charge in [-0.05, 0) is 37.2 Å². The highest BCUT2D eigenvalue weighted by Crippen LogP contribution is 2.28. The van der Waals surface area contributed by atoms with Crippen molar-refractivity contribution in [2.45, 2.75) is 31.7 Å². The lowest BCUT2D eigenvalue weighted by atomic mass is 9.98. The Kier molecular flexibility index (Phi) is 5.41. The van der Waals surface area contributed by atoms with E-state index in [-0.39, 0.29) is 18.7 Å². The monoisotopic (exact) mass is 276 g/mol. The lowest BCUT2D eigenvalue weighted by Crippen LogP contribution is -2.43. The molecule has 0 heterocycles. The minimum atomic E-state index is -0.0792. The van der Waals surface area contributed by atoms with Gasteiger partial charge in [0.05, 0.1) is 6.61 Å². The Balaban J connectivity index is 1.76. The first-order valence-corrected chi connectivity index (χ1v) is 7.35. The van der Waals surface area contributed by atoms with Crippen molar-refractivity contribution in [3.8, 4) is 0 Å². The predicted octanol–water partition coefficient (Wildman–Crippen LogP) is 2.03. The van der Waals surface area contributed by atoms with E-state index in [1.165, 1.54) is 16.9 Å². The molecule has 0 radical (unpaired) electrons. The summed E-state index contributed by atoms with van der Waals surface area (Å²) in [7, 11) is 1.71. The summed E-state index contributed by atoms with van der Waals surface area (Å²) in [5.41, 5.74) is 1.38. The average Bonchev–Trinajstić information content (AvgIpc) is 2.87. The quantitative estimate of drug-likeness (QED) is 0.864. The first kappa shape index (κ1) is 14.9. The molecule has 1 aliphatic carbocycles. The number of hydrogen-bond acceptors (Lipinski definition) is 2. The summed E-state index contributed by atoms with van der Waals surface area (Å²) in [6.45, 7) is 0.386. The molecule has 4 heteroatoms. The first-order chi connectivity index (χ1) is 9.69. The van der Waals surface area contributed by atoms with Crippen molar-refractivity contribution in [2.75, 3.05) is 20.2 Å². The van der Waals surface area contributed by atoms with Crippen LogP contribution in [0.15, 0.2) is 30.3 Å². The van der Waals surface area contributed by atoms with Gasteiger partial charge in [0.1, 0.15) is 0 Å². The molecule has 1 aromatic rings. The normalized spacial score (nSPS) is 21.7. The molecular weight excluding hydrogens is 252 g/mol. The number of aliphatic hydroxyl groups is 1. The third kappa shape index (κ3) is 4.23. The Morgan fingerprint density at radius 3 is 2.80 bits per heavy atom. The van der Waals surface area contributed by atoms with Gasteiger partial charge in [-0.15, -0.1) is 0 Å². The molecule has 110 valence electrons. The van der Waals surface area contributed by atoms with Crippen LogP contribution in [0.2, 0.25) is 0 Å². The lowest BCUT2D eigenvalue weighted by Gasteiger charge is -2.20. The van der Waals surface area contributed by atoms with Gasteiger partial charge in [0.2, 0.25) is 0 Å². The van der Waals surface area contributed by atoms with Gasteiger partial charge >= 0.3 is 6.03 Å². The summed E-state index contributed by atoms with van der Waals surface area (Å²) < 4.78 is 0. The molecule has 1 fully saturated rings. The van der Waals surface area contributed by atoms with Crippen LogP contribution in [0.25, 0.3) is 0 Å². The zero-order valence-electron chi connectivity index (χ0n) is 12.1. The van der Waals surface area contributed by atoms with Crippen LogP contribution in [-0.4, -0.2) is 42.3 Å². The van der Waals surface area contributed by atoms with Gasteiger partial charge in [-0.25, -0.2) is 4.79 Å². The van der Waals surface area contributed by atoms with Gasteiger partial charge in [0.15, 0.2) is 0 Å². The van der Waals surface area contributed by atoms with Crippen LogP contribution in [0, 0.1) is 5.92 Å². The van der Waals surface area contributed by atoms with E-state index in [1.54, 1.807) is 7.05 Å². The highest BCUT2D eigenvalue weighted by atomic mass is 16.3. The molecule has 4 nitrogen and oxygen atoms in total. The van der Waals surface area contributed by atoms with Gasteiger partial charge in [-0.3, -0.25) is 0 Å². The molecule has 2 N–H and O–H groups in total. The first-order valence-electron chi connectivity index (χ1n) is 7.35. The van der Waals surface area contributed by atoms with Crippen LogP contribution < -0.4 is 5.32 Å². The lowest BCUT2D eigenvalue weighted by molar-refractivity contribution is 0.187. The number of nitrogens with zero attached hydrogens (tertiary/aromatic N) is 1. The fourth-order valence-electron chi connectivity index (χ4n) is 2.88. The third-order valence-corrected chi connectivity index (χ3v) is 4.02. The molecule has 1 aliphatic rings. The number of hydrogen-bond donors (Lipinski definition) is 2. The standard InChI is InChI=1S/C16H24N2O2/c1-18(9-10-19)16(20)17-15-8-7-14(12-15)11-13-5-3-2-4-6-13/h2-6,14-15,19H,7-12H2,1H3,(H,17,20)/t14-,15-/m1/s1. The molecule has 0 unspecified atom stereocenters. The molecule has 0 aliphatic heterocycles. The Hall–Kier alpha value is -1.55. The largest absolute Gasteiger partial charge is 0.395 e. The zero-order valence-corrected chi connectivity index (χ0v) is 12.1. The molecular formula is C16H24N2O2. The molecule has 2 atom stereocenters. The summed E-state index contributed by atoms with van der Waals surface area (Å²) in [4.78, 5) is 13.4. The fourth-order valence-corrected chi connectivity index (χ4v) is 2.88. The van der Waals surface area contributed by atoms with Crippen molar-refractivity contribution in [3.63, 3.8) is 0 Å². The maximum atomic E-state index is 11.9. The Morgan fingerprint density at radius 1 is 1.35 bits per heavy atom. The number of benzene rings is 1. The minimum absolute atomic E-state index is 0.00518. The number of carbonyl (C=O) groups excluding carboxylic acids is 1. The molecule has 0 spiro atoms. The van der Waals surface area contributed by atoms with E-state index in [0.717, 1.165) is 19.3 Å². The van der Waals surface area contributed by atoms with Gasteiger partial charge in [0, 0.05) is 19.6 Å². The van der Waals surface area contributed by atoms with E-state index in [2.05, 4.69) is 29.6 Å². The number of likely N-dealkylation sites (N-methyl/N-ethyl adjacent to an activating group) is 1. The zero-order chi connectivity index (χ0) is 14.4. The van der Waals surface area contributed by atoms with Crippen molar-refractivity contribution >= 4 is 6.03 Å². The van der Waals surface area contributed by atoms with Crippen molar-refractivity contribution < 1.29 is 9.90 Å². The highest BCUT2D eigenvalue weighted by Gasteiger charge is 2.26.